The highest BCUT2D eigenvalue weighted by Gasteiger charge is 2.13. The molecular formula is C14H16ClN3O4. The third-order valence-electron chi connectivity index (χ3n) is 2.70. The molecule has 1 N–H and O–H groups in total. The van der Waals surface area contributed by atoms with E-state index in [1.165, 1.54) is 0 Å². The van der Waals surface area contributed by atoms with Crippen LogP contribution < -0.4 is 10.1 Å². The lowest BCUT2D eigenvalue weighted by Crippen LogP contribution is -2.30. The van der Waals surface area contributed by atoms with E-state index in [0.717, 1.165) is 6.42 Å². The summed E-state index contributed by atoms with van der Waals surface area (Å²) in [5.74, 6) is 0.0368. The van der Waals surface area contributed by atoms with Gasteiger partial charge in [-0.1, -0.05) is 28.9 Å². The Morgan fingerprint density at radius 1 is 1.41 bits per heavy atom. The van der Waals surface area contributed by atoms with Gasteiger partial charge in [-0.15, -0.1) is 0 Å². The second-order valence-corrected chi connectivity index (χ2v) is 4.76. The second kappa shape index (κ2) is 8.35. The van der Waals surface area contributed by atoms with Crippen molar-refractivity contribution in [3.8, 4) is 17.5 Å². The largest absolute Gasteiger partial charge is 0.439 e. The zero-order valence-corrected chi connectivity index (χ0v) is 12.8. The van der Waals surface area contributed by atoms with Crippen LogP contribution in [0.4, 0.5) is 0 Å². The molecule has 0 radical (unpaired) electrons. The molecule has 2 aromatic rings. The molecule has 0 aliphatic rings. The SMILES string of the molecule is COCCCNC(=O)COc1nc(-c2ccccc2Cl)no1. The van der Waals surface area contributed by atoms with Crippen molar-refractivity contribution >= 4 is 17.5 Å². The summed E-state index contributed by atoms with van der Waals surface area (Å²) in [7, 11) is 1.61. The number of hydrogen-bond acceptors (Lipinski definition) is 6. The second-order valence-electron chi connectivity index (χ2n) is 4.35. The van der Waals surface area contributed by atoms with Crippen molar-refractivity contribution in [2.45, 2.75) is 6.42 Å². The monoisotopic (exact) mass is 325 g/mol. The molecule has 8 heteroatoms. The van der Waals surface area contributed by atoms with Gasteiger partial charge in [0.2, 0.25) is 5.82 Å². The smallest absolute Gasteiger partial charge is 0.418 e. The lowest BCUT2D eigenvalue weighted by molar-refractivity contribution is -0.123. The van der Waals surface area contributed by atoms with Crippen LogP contribution in [0.15, 0.2) is 28.8 Å². The van der Waals surface area contributed by atoms with Gasteiger partial charge in [-0.05, 0) is 18.6 Å². The standard InChI is InChI=1S/C14H16ClN3O4/c1-20-8-4-7-16-12(19)9-21-14-17-13(18-22-14)10-5-2-3-6-11(10)15/h2-3,5-6H,4,7-9H2,1H3,(H,16,19). The molecule has 0 atom stereocenters. The van der Waals surface area contributed by atoms with Gasteiger partial charge in [0.05, 0.1) is 5.02 Å². The fourth-order valence-electron chi connectivity index (χ4n) is 1.64. The summed E-state index contributed by atoms with van der Waals surface area (Å²) in [5, 5.41) is 6.95. The predicted molar refractivity (Wildman–Crippen MR) is 79.7 cm³/mol. The third-order valence-corrected chi connectivity index (χ3v) is 3.03. The summed E-state index contributed by atoms with van der Waals surface area (Å²) < 4.78 is 14.9. The first-order valence-electron chi connectivity index (χ1n) is 6.67. The molecule has 0 fully saturated rings. The van der Waals surface area contributed by atoms with Gasteiger partial charge >= 0.3 is 6.08 Å². The summed E-state index contributed by atoms with van der Waals surface area (Å²) in [6, 6.07) is 7.10. The number of carbonyl (C=O) groups is 1. The lowest BCUT2D eigenvalue weighted by Gasteiger charge is -2.03. The van der Waals surface area contributed by atoms with E-state index in [9.17, 15) is 4.79 Å². The van der Waals surface area contributed by atoms with Gasteiger partial charge in [0.1, 0.15) is 0 Å². The summed E-state index contributed by atoms with van der Waals surface area (Å²) in [6.45, 7) is 0.911. The van der Waals surface area contributed by atoms with Gasteiger partial charge in [0.15, 0.2) is 6.61 Å². The normalized spacial score (nSPS) is 10.5. The molecule has 0 saturated heterocycles. The number of hydrogen-bond donors (Lipinski definition) is 1. The molecule has 2 rings (SSSR count). The number of benzene rings is 1. The van der Waals surface area contributed by atoms with E-state index < -0.39 is 0 Å². The fraction of sp³-hybridized carbons (Fsp3) is 0.357. The van der Waals surface area contributed by atoms with Gasteiger partial charge in [-0.3, -0.25) is 9.32 Å². The van der Waals surface area contributed by atoms with Crippen LogP contribution in [0.3, 0.4) is 0 Å². The first-order chi connectivity index (χ1) is 10.7. The number of aromatic nitrogens is 2. The Labute approximate surface area is 132 Å². The van der Waals surface area contributed by atoms with E-state index in [1.807, 2.05) is 6.07 Å². The van der Waals surface area contributed by atoms with Crippen molar-refractivity contribution in [3.05, 3.63) is 29.3 Å². The van der Waals surface area contributed by atoms with Crippen molar-refractivity contribution in [2.24, 2.45) is 0 Å². The van der Waals surface area contributed by atoms with Crippen molar-refractivity contribution < 1.29 is 18.8 Å². The zero-order chi connectivity index (χ0) is 15.8. The molecule has 1 amide bonds. The van der Waals surface area contributed by atoms with Gasteiger partial charge in [0.25, 0.3) is 5.91 Å². The highest BCUT2D eigenvalue weighted by molar-refractivity contribution is 6.33. The first kappa shape index (κ1) is 16.3. The quantitative estimate of drug-likeness (QED) is 0.746. The van der Waals surface area contributed by atoms with Crippen molar-refractivity contribution in [1.29, 1.82) is 0 Å². The Kier molecular flexibility index (Phi) is 6.17. The number of carbonyl (C=O) groups excluding carboxylic acids is 1. The van der Waals surface area contributed by atoms with E-state index in [1.54, 1.807) is 25.3 Å². The molecule has 22 heavy (non-hydrogen) atoms. The molecular weight excluding hydrogens is 310 g/mol. The molecule has 0 spiro atoms. The summed E-state index contributed by atoms with van der Waals surface area (Å²) >= 11 is 6.04. The molecule has 0 unspecified atom stereocenters. The average molecular weight is 326 g/mol. The van der Waals surface area contributed by atoms with E-state index in [2.05, 4.69) is 15.5 Å². The molecule has 118 valence electrons. The number of methoxy groups -OCH3 is 1. The van der Waals surface area contributed by atoms with E-state index in [4.69, 9.17) is 25.6 Å². The molecule has 1 aromatic heterocycles. The van der Waals surface area contributed by atoms with Crippen LogP contribution in [-0.4, -0.2) is 42.9 Å². The number of amides is 1. The van der Waals surface area contributed by atoms with Crippen molar-refractivity contribution in [2.75, 3.05) is 26.9 Å². The molecule has 0 saturated carbocycles. The topological polar surface area (TPSA) is 86.5 Å². The van der Waals surface area contributed by atoms with Gasteiger partial charge in [0, 0.05) is 25.8 Å². The van der Waals surface area contributed by atoms with Gasteiger partial charge in [-0.25, -0.2) is 0 Å². The minimum Gasteiger partial charge on any atom is -0.439 e. The highest BCUT2D eigenvalue weighted by Crippen LogP contribution is 2.26. The first-order valence-corrected chi connectivity index (χ1v) is 7.05. The van der Waals surface area contributed by atoms with Crippen LogP contribution in [0.5, 0.6) is 6.08 Å². The van der Waals surface area contributed by atoms with Crippen LogP contribution in [0.1, 0.15) is 6.42 Å². The molecule has 1 heterocycles. The van der Waals surface area contributed by atoms with Gasteiger partial charge < -0.3 is 14.8 Å². The van der Waals surface area contributed by atoms with Crippen LogP contribution in [0.2, 0.25) is 5.02 Å². The fourth-order valence-corrected chi connectivity index (χ4v) is 1.86. The van der Waals surface area contributed by atoms with E-state index in [-0.39, 0.29) is 18.6 Å². The summed E-state index contributed by atoms with van der Waals surface area (Å²) in [5.41, 5.74) is 0.631. The van der Waals surface area contributed by atoms with Crippen LogP contribution >= 0.6 is 11.6 Å². The lowest BCUT2D eigenvalue weighted by atomic mass is 10.2. The molecule has 1 aromatic carbocycles. The Bertz CT molecular complexity index is 618. The number of nitrogens with zero attached hydrogens (tertiary/aromatic N) is 2. The van der Waals surface area contributed by atoms with Gasteiger partial charge in [-0.2, -0.15) is 4.98 Å². The maximum atomic E-state index is 11.5. The Balaban J connectivity index is 1.83. The molecule has 0 aliphatic heterocycles. The highest BCUT2D eigenvalue weighted by atomic mass is 35.5. The molecule has 7 nitrogen and oxygen atoms in total. The van der Waals surface area contributed by atoms with Crippen LogP contribution in [0, 0.1) is 0 Å². The maximum absolute atomic E-state index is 11.5. The number of rotatable bonds is 8. The number of ether oxygens (including phenoxy) is 2. The number of nitrogens with one attached hydrogen (secondary N) is 1. The third kappa shape index (κ3) is 4.71. The Hall–Kier alpha value is -2.12. The van der Waals surface area contributed by atoms with Crippen LogP contribution in [-0.2, 0) is 9.53 Å². The van der Waals surface area contributed by atoms with E-state index >= 15 is 0 Å². The minimum absolute atomic E-state index is 0.0815. The minimum atomic E-state index is -0.270. The van der Waals surface area contributed by atoms with Crippen molar-refractivity contribution in [1.82, 2.24) is 15.5 Å². The summed E-state index contributed by atoms with van der Waals surface area (Å²) in [4.78, 5) is 15.6. The van der Waals surface area contributed by atoms with Crippen molar-refractivity contribution in [3.63, 3.8) is 0 Å². The predicted octanol–water partition coefficient (Wildman–Crippen LogP) is 1.92. The van der Waals surface area contributed by atoms with Crippen LogP contribution in [0.25, 0.3) is 11.4 Å². The zero-order valence-electron chi connectivity index (χ0n) is 12.0. The molecule has 0 aliphatic carbocycles. The number of halogens is 1. The maximum Gasteiger partial charge on any atom is 0.418 e. The van der Waals surface area contributed by atoms with E-state index in [0.29, 0.717) is 29.6 Å². The summed E-state index contributed by atoms with van der Waals surface area (Å²) in [6.07, 6.45) is 0.654. The Morgan fingerprint density at radius 3 is 3.00 bits per heavy atom. The Morgan fingerprint density at radius 2 is 2.23 bits per heavy atom. The average Bonchev–Trinajstić information content (AvgIpc) is 2.99. The molecule has 0 bridgehead atoms.